The Morgan fingerprint density at radius 3 is 3.00 bits per heavy atom. The highest BCUT2D eigenvalue weighted by atomic mass is 127. The van der Waals surface area contributed by atoms with E-state index >= 15 is 0 Å². The second kappa shape index (κ2) is 4.27. The molecule has 0 fully saturated rings. The number of hydrogen-bond donors (Lipinski definition) is 0. The molecule has 0 saturated heterocycles. The number of nitrogens with zero attached hydrogens (tertiary/aromatic N) is 1. The first-order chi connectivity index (χ1) is 5.65. The molecule has 12 heavy (non-hydrogen) atoms. The van der Waals surface area contributed by atoms with E-state index in [0.29, 0.717) is 9.45 Å². The van der Waals surface area contributed by atoms with E-state index in [1.165, 1.54) is 28.6 Å². The van der Waals surface area contributed by atoms with Gasteiger partial charge in [-0.25, -0.2) is 4.39 Å². The lowest BCUT2D eigenvalue weighted by atomic mass is 10.5. The summed E-state index contributed by atoms with van der Waals surface area (Å²) >= 11 is 3.31. The van der Waals surface area contributed by atoms with E-state index in [1.54, 1.807) is 0 Å². The van der Waals surface area contributed by atoms with Crippen molar-refractivity contribution in [2.75, 3.05) is 6.26 Å². The number of hydrogen-bond acceptors (Lipinski definition) is 2. The highest BCUT2D eigenvalue weighted by molar-refractivity contribution is 14.1. The standard InChI is InChI=1S/C7H7FINOS/c1-12-4-10-3-5(8)2-6(9)7(10)11/h2-3H,4H2,1H3. The van der Waals surface area contributed by atoms with E-state index in [2.05, 4.69) is 0 Å². The SMILES string of the molecule is CSCn1cc(F)cc(I)c1=O. The highest BCUT2D eigenvalue weighted by Gasteiger charge is 2.02. The maximum atomic E-state index is 12.8. The normalized spacial score (nSPS) is 10.2. The molecular formula is C7H7FINOS. The average Bonchev–Trinajstić information content (AvgIpc) is 2.00. The third-order valence-electron chi connectivity index (χ3n) is 1.28. The predicted octanol–water partition coefficient (Wildman–Crippen LogP) is 1.91. The molecule has 1 rings (SSSR count). The van der Waals surface area contributed by atoms with Gasteiger partial charge in [0.2, 0.25) is 0 Å². The molecule has 1 aromatic rings. The number of rotatable bonds is 2. The van der Waals surface area contributed by atoms with Gasteiger partial charge in [-0.05, 0) is 34.9 Å². The topological polar surface area (TPSA) is 22.0 Å². The van der Waals surface area contributed by atoms with Crippen molar-refractivity contribution >= 4 is 34.4 Å². The Kier molecular flexibility index (Phi) is 3.57. The van der Waals surface area contributed by atoms with Crippen LogP contribution in [0.1, 0.15) is 0 Å². The molecule has 0 bridgehead atoms. The van der Waals surface area contributed by atoms with Crippen LogP contribution in [-0.4, -0.2) is 10.8 Å². The molecule has 2 nitrogen and oxygen atoms in total. The van der Waals surface area contributed by atoms with Crippen LogP contribution in [-0.2, 0) is 5.88 Å². The molecule has 0 unspecified atom stereocenters. The van der Waals surface area contributed by atoms with Gasteiger partial charge in [0.25, 0.3) is 5.56 Å². The van der Waals surface area contributed by atoms with Crippen molar-refractivity contribution in [1.29, 1.82) is 0 Å². The van der Waals surface area contributed by atoms with E-state index < -0.39 is 0 Å². The molecule has 0 radical (unpaired) electrons. The zero-order valence-electron chi connectivity index (χ0n) is 6.38. The summed E-state index contributed by atoms with van der Waals surface area (Å²) in [6.45, 7) is 0. The van der Waals surface area contributed by atoms with Crippen molar-refractivity contribution in [3.63, 3.8) is 0 Å². The number of pyridine rings is 1. The number of aromatic nitrogens is 1. The summed E-state index contributed by atoms with van der Waals surface area (Å²) in [4.78, 5) is 11.3. The zero-order chi connectivity index (χ0) is 9.14. The van der Waals surface area contributed by atoms with Gasteiger partial charge < -0.3 is 4.57 Å². The fourth-order valence-electron chi connectivity index (χ4n) is 0.800. The van der Waals surface area contributed by atoms with Crippen molar-refractivity contribution < 1.29 is 4.39 Å². The third kappa shape index (κ3) is 2.22. The van der Waals surface area contributed by atoms with Gasteiger partial charge in [0.1, 0.15) is 5.82 Å². The van der Waals surface area contributed by atoms with E-state index in [9.17, 15) is 9.18 Å². The van der Waals surface area contributed by atoms with E-state index in [4.69, 9.17) is 0 Å². The van der Waals surface area contributed by atoms with Gasteiger partial charge in [-0.15, -0.1) is 11.8 Å². The van der Waals surface area contributed by atoms with Crippen molar-refractivity contribution in [1.82, 2.24) is 4.57 Å². The smallest absolute Gasteiger partial charge is 0.264 e. The molecule has 1 aromatic heterocycles. The van der Waals surface area contributed by atoms with Gasteiger partial charge in [-0.2, -0.15) is 0 Å². The van der Waals surface area contributed by atoms with Crippen LogP contribution in [0.2, 0.25) is 0 Å². The van der Waals surface area contributed by atoms with Crippen LogP contribution < -0.4 is 5.56 Å². The van der Waals surface area contributed by atoms with Crippen molar-refractivity contribution in [3.8, 4) is 0 Å². The summed E-state index contributed by atoms with van der Waals surface area (Å²) < 4.78 is 14.5. The summed E-state index contributed by atoms with van der Waals surface area (Å²) in [6.07, 6.45) is 3.09. The van der Waals surface area contributed by atoms with Gasteiger partial charge in [0.15, 0.2) is 0 Å². The zero-order valence-corrected chi connectivity index (χ0v) is 9.36. The second-order valence-corrected chi connectivity index (χ2v) is 4.20. The minimum atomic E-state index is -0.368. The van der Waals surface area contributed by atoms with E-state index in [0.717, 1.165) is 0 Å². The van der Waals surface area contributed by atoms with Crippen LogP contribution in [0.15, 0.2) is 17.1 Å². The summed E-state index contributed by atoms with van der Waals surface area (Å²) in [7, 11) is 0. The molecule has 66 valence electrons. The summed E-state index contributed by atoms with van der Waals surface area (Å²) in [6, 6.07) is 1.24. The van der Waals surface area contributed by atoms with Gasteiger partial charge in [0.05, 0.1) is 9.45 Å². The minimum Gasteiger partial charge on any atom is -0.302 e. The molecular weight excluding hydrogens is 292 g/mol. The quantitative estimate of drug-likeness (QED) is 0.778. The Bertz CT molecular complexity index is 339. The van der Waals surface area contributed by atoms with Crippen LogP contribution in [0.5, 0.6) is 0 Å². The monoisotopic (exact) mass is 299 g/mol. The highest BCUT2D eigenvalue weighted by Crippen LogP contribution is 2.04. The minimum absolute atomic E-state index is 0.133. The lowest BCUT2D eigenvalue weighted by molar-refractivity contribution is 0.601. The summed E-state index contributed by atoms with van der Waals surface area (Å²) in [5, 5.41) is 0. The first kappa shape index (κ1) is 10.0. The van der Waals surface area contributed by atoms with Gasteiger partial charge in [-0.1, -0.05) is 0 Å². The number of halogens is 2. The Hall–Kier alpha value is -0.0400. The Labute approximate surface area is 87.3 Å². The third-order valence-corrected chi connectivity index (χ3v) is 2.59. The second-order valence-electron chi connectivity index (χ2n) is 2.20. The van der Waals surface area contributed by atoms with Crippen LogP contribution in [0.3, 0.4) is 0 Å². The van der Waals surface area contributed by atoms with Crippen LogP contribution in [0.25, 0.3) is 0 Å². The summed E-state index contributed by atoms with van der Waals surface area (Å²) in [5.41, 5.74) is -0.133. The maximum absolute atomic E-state index is 12.8. The fourth-order valence-corrected chi connectivity index (χ4v) is 1.88. The molecule has 0 atom stereocenters. The number of thioether (sulfide) groups is 1. The molecule has 0 aliphatic heterocycles. The largest absolute Gasteiger partial charge is 0.302 e. The predicted molar refractivity (Wildman–Crippen MR) is 56.9 cm³/mol. The molecule has 0 amide bonds. The molecule has 0 spiro atoms. The van der Waals surface area contributed by atoms with Crippen molar-refractivity contribution in [3.05, 3.63) is 32.0 Å². The van der Waals surface area contributed by atoms with E-state index in [-0.39, 0.29) is 11.4 Å². The van der Waals surface area contributed by atoms with Crippen LogP contribution in [0.4, 0.5) is 4.39 Å². The molecule has 5 heteroatoms. The molecule has 1 heterocycles. The van der Waals surface area contributed by atoms with Gasteiger partial charge in [0, 0.05) is 6.20 Å². The average molecular weight is 299 g/mol. The Morgan fingerprint density at radius 2 is 2.42 bits per heavy atom. The molecule has 0 aliphatic rings. The van der Waals surface area contributed by atoms with Crippen LogP contribution in [0, 0.1) is 9.39 Å². The first-order valence-electron chi connectivity index (χ1n) is 3.19. The van der Waals surface area contributed by atoms with Crippen molar-refractivity contribution in [2.24, 2.45) is 0 Å². The molecule has 0 aliphatic carbocycles. The summed E-state index contributed by atoms with van der Waals surface area (Å²) in [5.74, 6) is 0.125. The van der Waals surface area contributed by atoms with Gasteiger partial charge in [-0.3, -0.25) is 4.79 Å². The van der Waals surface area contributed by atoms with E-state index in [1.807, 2.05) is 28.8 Å². The van der Waals surface area contributed by atoms with Gasteiger partial charge >= 0.3 is 0 Å². The van der Waals surface area contributed by atoms with Crippen LogP contribution >= 0.6 is 34.4 Å². The fraction of sp³-hybridized carbons (Fsp3) is 0.286. The van der Waals surface area contributed by atoms with Crippen molar-refractivity contribution in [2.45, 2.75) is 5.88 Å². The first-order valence-corrected chi connectivity index (χ1v) is 5.67. The molecule has 0 aromatic carbocycles. The Balaban J connectivity index is 3.19. The lowest BCUT2D eigenvalue weighted by Crippen LogP contribution is -2.21. The maximum Gasteiger partial charge on any atom is 0.264 e. The molecule has 0 saturated carbocycles. The Morgan fingerprint density at radius 1 is 1.75 bits per heavy atom. The lowest BCUT2D eigenvalue weighted by Gasteiger charge is -2.03. The molecule has 0 N–H and O–H groups in total.